The summed E-state index contributed by atoms with van der Waals surface area (Å²) in [6, 6.07) is 7.98. The minimum atomic E-state index is 0.548. The van der Waals surface area contributed by atoms with Crippen LogP contribution >= 0.6 is 0 Å². The zero-order chi connectivity index (χ0) is 10.7. The van der Waals surface area contributed by atoms with Crippen molar-refractivity contribution in [1.82, 2.24) is 20.2 Å². The first kappa shape index (κ1) is 9.79. The number of nitrogens with two attached hydrogens (primary N) is 1. The Morgan fingerprint density at radius 3 is 2.87 bits per heavy atom. The predicted molar refractivity (Wildman–Crippen MR) is 56.6 cm³/mol. The summed E-state index contributed by atoms with van der Waals surface area (Å²) in [7, 11) is 0. The van der Waals surface area contributed by atoms with Crippen LogP contribution in [0, 0.1) is 6.92 Å². The van der Waals surface area contributed by atoms with Crippen LogP contribution in [0.25, 0.3) is 5.69 Å². The highest BCUT2D eigenvalue weighted by atomic mass is 15.5. The molecule has 78 valence electrons. The maximum atomic E-state index is 5.50. The van der Waals surface area contributed by atoms with Gasteiger partial charge in [-0.25, -0.2) is 0 Å². The van der Waals surface area contributed by atoms with Crippen molar-refractivity contribution in [3.8, 4) is 5.69 Å². The average Bonchev–Trinajstić information content (AvgIpc) is 2.67. The molecule has 2 rings (SSSR count). The Labute approximate surface area is 87.9 Å². The van der Waals surface area contributed by atoms with Gasteiger partial charge in [-0.3, -0.25) is 0 Å². The highest BCUT2D eigenvalue weighted by molar-refractivity contribution is 5.39. The van der Waals surface area contributed by atoms with Gasteiger partial charge in [-0.2, -0.15) is 4.68 Å². The molecular formula is C10H13N5. The molecule has 0 aliphatic rings. The monoisotopic (exact) mass is 203 g/mol. The molecule has 0 aliphatic heterocycles. The molecule has 1 aromatic heterocycles. The van der Waals surface area contributed by atoms with Crippen LogP contribution in [-0.2, 0) is 6.42 Å². The van der Waals surface area contributed by atoms with Crippen molar-refractivity contribution in [3.05, 3.63) is 35.7 Å². The van der Waals surface area contributed by atoms with E-state index in [4.69, 9.17) is 5.73 Å². The minimum Gasteiger partial charge on any atom is -0.330 e. The standard InChI is InChI=1S/C10H13N5/c1-8-4-2-3-5-9(8)15-10(6-7-11)12-13-14-15/h2-5H,6-7,11H2,1H3. The second-order valence-corrected chi connectivity index (χ2v) is 3.33. The van der Waals surface area contributed by atoms with Crippen LogP contribution in [0.5, 0.6) is 0 Å². The zero-order valence-electron chi connectivity index (χ0n) is 8.59. The quantitative estimate of drug-likeness (QED) is 0.787. The van der Waals surface area contributed by atoms with Crippen LogP contribution in [0.15, 0.2) is 24.3 Å². The summed E-state index contributed by atoms with van der Waals surface area (Å²) in [6.45, 7) is 2.58. The number of aromatic nitrogens is 4. The van der Waals surface area contributed by atoms with E-state index in [0.717, 1.165) is 17.1 Å². The van der Waals surface area contributed by atoms with Crippen molar-refractivity contribution < 1.29 is 0 Å². The summed E-state index contributed by atoms with van der Waals surface area (Å²) in [5.41, 5.74) is 7.64. The molecule has 0 fully saturated rings. The molecule has 0 saturated heterocycles. The Bertz CT molecular complexity index is 449. The van der Waals surface area contributed by atoms with E-state index in [1.807, 2.05) is 31.2 Å². The SMILES string of the molecule is Cc1ccccc1-n1nnnc1CCN. The minimum absolute atomic E-state index is 0.548. The van der Waals surface area contributed by atoms with Crippen molar-refractivity contribution >= 4 is 0 Å². The molecule has 0 spiro atoms. The molecule has 0 atom stereocenters. The van der Waals surface area contributed by atoms with Crippen molar-refractivity contribution in [3.63, 3.8) is 0 Å². The Balaban J connectivity index is 2.45. The van der Waals surface area contributed by atoms with E-state index < -0.39 is 0 Å². The van der Waals surface area contributed by atoms with Crippen molar-refractivity contribution in [2.75, 3.05) is 6.54 Å². The second kappa shape index (κ2) is 4.18. The lowest BCUT2D eigenvalue weighted by atomic mass is 10.2. The van der Waals surface area contributed by atoms with Crippen LogP contribution in [0.3, 0.4) is 0 Å². The van der Waals surface area contributed by atoms with Gasteiger partial charge in [0.2, 0.25) is 0 Å². The maximum absolute atomic E-state index is 5.50. The van der Waals surface area contributed by atoms with Gasteiger partial charge in [0.25, 0.3) is 0 Å². The number of hydrogen-bond donors (Lipinski definition) is 1. The lowest BCUT2D eigenvalue weighted by molar-refractivity contribution is 0.751. The molecule has 0 aliphatic carbocycles. The first-order valence-corrected chi connectivity index (χ1v) is 4.86. The molecule has 0 bridgehead atoms. The number of hydrogen-bond acceptors (Lipinski definition) is 4. The van der Waals surface area contributed by atoms with Gasteiger partial charge in [-0.05, 0) is 35.5 Å². The molecule has 2 aromatic rings. The second-order valence-electron chi connectivity index (χ2n) is 3.33. The van der Waals surface area contributed by atoms with Gasteiger partial charge in [-0.1, -0.05) is 18.2 Å². The van der Waals surface area contributed by atoms with E-state index in [0.29, 0.717) is 13.0 Å². The van der Waals surface area contributed by atoms with Gasteiger partial charge in [0.1, 0.15) is 0 Å². The first-order valence-electron chi connectivity index (χ1n) is 4.86. The van der Waals surface area contributed by atoms with E-state index >= 15 is 0 Å². The molecule has 1 aromatic carbocycles. The molecule has 15 heavy (non-hydrogen) atoms. The smallest absolute Gasteiger partial charge is 0.157 e. The van der Waals surface area contributed by atoms with Crippen molar-refractivity contribution in [1.29, 1.82) is 0 Å². The number of rotatable bonds is 3. The number of nitrogens with zero attached hydrogens (tertiary/aromatic N) is 4. The predicted octanol–water partition coefficient (Wildman–Crippen LogP) is 0.472. The van der Waals surface area contributed by atoms with Gasteiger partial charge < -0.3 is 5.73 Å². The normalized spacial score (nSPS) is 10.5. The fraction of sp³-hybridized carbons (Fsp3) is 0.300. The lowest BCUT2D eigenvalue weighted by Crippen LogP contribution is -2.10. The molecule has 0 amide bonds. The Morgan fingerprint density at radius 1 is 1.33 bits per heavy atom. The first-order chi connectivity index (χ1) is 7.33. The van der Waals surface area contributed by atoms with Crippen LogP contribution in [0.1, 0.15) is 11.4 Å². The van der Waals surface area contributed by atoms with E-state index in [1.54, 1.807) is 4.68 Å². The summed E-state index contributed by atoms with van der Waals surface area (Å²) >= 11 is 0. The highest BCUT2D eigenvalue weighted by Gasteiger charge is 2.08. The summed E-state index contributed by atoms with van der Waals surface area (Å²) in [5, 5.41) is 11.6. The van der Waals surface area contributed by atoms with E-state index in [9.17, 15) is 0 Å². The molecule has 2 N–H and O–H groups in total. The largest absolute Gasteiger partial charge is 0.330 e. The fourth-order valence-electron chi connectivity index (χ4n) is 1.48. The highest BCUT2D eigenvalue weighted by Crippen LogP contribution is 2.12. The van der Waals surface area contributed by atoms with Crippen molar-refractivity contribution in [2.24, 2.45) is 5.73 Å². The molecule has 0 radical (unpaired) electrons. The third kappa shape index (κ3) is 1.87. The van der Waals surface area contributed by atoms with Gasteiger partial charge in [0.15, 0.2) is 5.82 Å². The molecule has 5 heteroatoms. The van der Waals surface area contributed by atoms with Crippen LogP contribution in [-0.4, -0.2) is 26.8 Å². The fourth-order valence-corrected chi connectivity index (χ4v) is 1.48. The summed E-state index contributed by atoms with van der Waals surface area (Å²) in [4.78, 5) is 0. The van der Waals surface area contributed by atoms with E-state index in [2.05, 4.69) is 15.5 Å². The summed E-state index contributed by atoms with van der Waals surface area (Å²) < 4.78 is 1.74. The lowest BCUT2D eigenvalue weighted by Gasteiger charge is -2.06. The molecule has 5 nitrogen and oxygen atoms in total. The number of benzene rings is 1. The molecular weight excluding hydrogens is 190 g/mol. The van der Waals surface area contributed by atoms with Crippen LogP contribution < -0.4 is 5.73 Å². The summed E-state index contributed by atoms with van der Waals surface area (Å²) in [6.07, 6.45) is 0.682. The zero-order valence-corrected chi connectivity index (χ0v) is 8.59. The van der Waals surface area contributed by atoms with Gasteiger partial charge in [0, 0.05) is 6.42 Å². The topological polar surface area (TPSA) is 69.6 Å². The van der Waals surface area contributed by atoms with E-state index in [1.165, 1.54) is 0 Å². The number of tetrazole rings is 1. The van der Waals surface area contributed by atoms with Crippen LogP contribution in [0.2, 0.25) is 0 Å². The average molecular weight is 203 g/mol. The number of aryl methyl sites for hydroxylation is 1. The maximum Gasteiger partial charge on any atom is 0.157 e. The number of para-hydroxylation sites is 1. The van der Waals surface area contributed by atoms with Gasteiger partial charge >= 0.3 is 0 Å². The Kier molecular flexibility index (Phi) is 2.73. The molecule has 0 saturated carbocycles. The van der Waals surface area contributed by atoms with Gasteiger partial charge in [0.05, 0.1) is 5.69 Å². The Hall–Kier alpha value is -1.75. The van der Waals surface area contributed by atoms with Gasteiger partial charge in [-0.15, -0.1) is 5.10 Å². The van der Waals surface area contributed by atoms with Crippen LogP contribution in [0.4, 0.5) is 0 Å². The Morgan fingerprint density at radius 2 is 2.13 bits per heavy atom. The molecule has 0 unspecified atom stereocenters. The third-order valence-electron chi connectivity index (χ3n) is 2.25. The summed E-state index contributed by atoms with van der Waals surface area (Å²) in [5.74, 6) is 0.798. The third-order valence-corrected chi connectivity index (χ3v) is 2.25. The van der Waals surface area contributed by atoms with E-state index in [-0.39, 0.29) is 0 Å². The van der Waals surface area contributed by atoms with Crippen molar-refractivity contribution in [2.45, 2.75) is 13.3 Å². The molecule has 1 heterocycles.